The van der Waals surface area contributed by atoms with Crippen LogP contribution in [-0.2, 0) is 4.74 Å². The summed E-state index contributed by atoms with van der Waals surface area (Å²) in [7, 11) is 1.30. The van der Waals surface area contributed by atoms with Crippen molar-refractivity contribution in [2.24, 2.45) is 0 Å². The van der Waals surface area contributed by atoms with Crippen LogP contribution >= 0.6 is 0 Å². The predicted molar refractivity (Wildman–Crippen MR) is 54.7 cm³/mol. The maximum absolute atomic E-state index is 10.8. The number of carbonyl (C=O) groups excluding carboxylic acids is 1. The topological polar surface area (TPSA) is 76.1 Å². The SMILES string of the molecule is COC(=O)Nc1ccc(NC2CC2)nn1. The lowest BCUT2D eigenvalue weighted by atomic mass is 10.5. The first kappa shape index (κ1) is 9.70. The number of nitrogens with zero attached hydrogens (tertiary/aromatic N) is 2. The summed E-state index contributed by atoms with van der Waals surface area (Å²) in [5.41, 5.74) is 0. The molecule has 0 unspecified atom stereocenters. The number of hydrogen-bond donors (Lipinski definition) is 2. The molecule has 1 aromatic rings. The van der Waals surface area contributed by atoms with Crippen molar-refractivity contribution in [1.29, 1.82) is 0 Å². The zero-order valence-electron chi connectivity index (χ0n) is 8.36. The second kappa shape index (κ2) is 4.12. The number of amides is 1. The third-order valence-corrected chi connectivity index (χ3v) is 2.01. The third kappa shape index (κ3) is 2.80. The molecule has 1 heterocycles. The van der Waals surface area contributed by atoms with E-state index in [9.17, 15) is 4.79 Å². The van der Waals surface area contributed by atoms with Gasteiger partial charge in [0.25, 0.3) is 0 Å². The van der Waals surface area contributed by atoms with Crippen LogP contribution in [0.4, 0.5) is 16.4 Å². The van der Waals surface area contributed by atoms with Crippen LogP contribution < -0.4 is 10.6 Å². The highest BCUT2D eigenvalue weighted by Gasteiger charge is 2.21. The van der Waals surface area contributed by atoms with Gasteiger partial charge in [-0.15, -0.1) is 10.2 Å². The molecule has 1 amide bonds. The lowest BCUT2D eigenvalue weighted by Crippen LogP contribution is -2.13. The minimum Gasteiger partial charge on any atom is -0.453 e. The van der Waals surface area contributed by atoms with E-state index in [0.717, 1.165) is 5.82 Å². The van der Waals surface area contributed by atoms with E-state index in [1.165, 1.54) is 20.0 Å². The first-order valence-electron chi connectivity index (χ1n) is 4.73. The zero-order chi connectivity index (χ0) is 10.7. The van der Waals surface area contributed by atoms with Gasteiger partial charge in [-0.2, -0.15) is 0 Å². The molecule has 1 fully saturated rings. The smallest absolute Gasteiger partial charge is 0.412 e. The monoisotopic (exact) mass is 208 g/mol. The number of rotatable bonds is 3. The fraction of sp³-hybridized carbons (Fsp3) is 0.444. The summed E-state index contributed by atoms with van der Waals surface area (Å²) in [6, 6.07) is 3.99. The number of methoxy groups -OCH3 is 1. The molecule has 6 heteroatoms. The lowest BCUT2D eigenvalue weighted by Gasteiger charge is -2.04. The minimum absolute atomic E-state index is 0.378. The van der Waals surface area contributed by atoms with E-state index in [2.05, 4.69) is 25.6 Å². The summed E-state index contributed by atoms with van der Waals surface area (Å²) in [6.07, 6.45) is 1.82. The molecule has 15 heavy (non-hydrogen) atoms. The van der Waals surface area contributed by atoms with E-state index in [4.69, 9.17) is 0 Å². The molecular weight excluding hydrogens is 196 g/mol. The molecule has 80 valence electrons. The molecule has 0 aliphatic heterocycles. The van der Waals surface area contributed by atoms with Crippen molar-refractivity contribution in [3.8, 4) is 0 Å². The molecule has 0 saturated heterocycles. The lowest BCUT2D eigenvalue weighted by molar-refractivity contribution is 0.187. The van der Waals surface area contributed by atoms with Crippen LogP contribution in [0, 0.1) is 0 Å². The Kier molecular flexibility index (Phi) is 2.66. The molecule has 0 radical (unpaired) electrons. The van der Waals surface area contributed by atoms with Gasteiger partial charge in [-0.25, -0.2) is 4.79 Å². The summed E-state index contributed by atoms with van der Waals surface area (Å²) >= 11 is 0. The van der Waals surface area contributed by atoms with Crippen molar-refractivity contribution in [2.75, 3.05) is 17.7 Å². The summed E-state index contributed by atoms with van der Waals surface area (Å²) in [5, 5.41) is 13.4. The quantitative estimate of drug-likeness (QED) is 0.781. The van der Waals surface area contributed by atoms with Crippen molar-refractivity contribution in [3.63, 3.8) is 0 Å². The Labute approximate surface area is 87.0 Å². The molecule has 6 nitrogen and oxygen atoms in total. The number of nitrogens with one attached hydrogen (secondary N) is 2. The normalized spacial score (nSPS) is 14.5. The molecular formula is C9H12N4O2. The Balaban J connectivity index is 1.93. The van der Waals surface area contributed by atoms with Gasteiger partial charge in [-0.1, -0.05) is 0 Å². The van der Waals surface area contributed by atoms with E-state index in [1.807, 2.05) is 0 Å². The van der Waals surface area contributed by atoms with Crippen molar-refractivity contribution < 1.29 is 9.53 Å². The summed E-state index contributed by atoms with van der Waals surface area (Å²) < 4.78 is 4.43. The molecule has 1 aliphatic carbocycles. The van der Waals surface area contributed by atoms with Gasteiger partial charge in [-0.3, -0.25) is 5.32 Å². The number of ether oxygens (including phenoxy) is 1. The third-order valence-electron chi connectivity index (χ3n) is 2.01. The number of hydrogen-bond acceptors (Lipinski definition) is 5. The first-order chi connectivity index (χ1) is 7.28. The van der Waals surface area contributed by atoms with E-state index in [-0.39, 0.29) is 0 Å². The van der Waals surface area contributed by atoms with Gasteiger partial charge < -0.3 is 10.1 Å². The minimum atomic E-state index is -0.549. The largest absolute Gasteiger partial charge is 0.453 e. The van der Waals surface area contributed by atoms with Crippen molar-refractivity contribution >= 4 is 17.7 Å². The number of carbonyl (C=O) groups is 1. The maximum atomic E-state index is 10.8. The molecule has 0 spiro atoms. The highest BCUT2D eigenvalue weighted by atomic mass is 16.5. The van der Waals surface area contributed by atoms with Crippen LogP contribution in [0.2, 0.25) is 0 Å². The Morgan fingerprint density at radius 2 is 2.07 bits per heavy atom. The number of aromatic nitrogens is 2. The molecule has 1 aromatic heterocycles. The van der Waals surface area contributed by atoms with E-state index in [1.54, 1.807) is 12.1 Å². The Morgan fingerprint density at radius 3 is 2.60 bits per heavy atom. The van der Waals surface area contributed by atoms with Gasteiger partial charge >= 0.3 is 6.09 Å². The highest BCUT2D eigenvalue weighted by Crippen LogP contribution is 2.23. The van der Waals surface area contributed by atoms with Gasteiger partial charge in [0, 0.05) is 6.04 Å². The average molecular weight is 208 g/mol. The second-order valence-corrected chi connectivity index (χ2v) is 3.34. The van der Waals surface area contributed by atoms with Gasteiger partial charge in [0.1, 0.15) is 5.82 Å². The van der Waals surface area contributed by atoms with Crippen LogP contribution in [0.3, 0.4) is 0 Å². The molecule has 1 saturated carbocycles. The van der Waals surface area contributed by atoms with Gasteiger partial charge in [-0.05, 0) is 25.0 Å². The highest BCUT2D eigenvalue weighted by molar-refractivity contribution is 5.83. The summed E-state index contributed by atoms with van der Waals surface area (Å²) in [5.74, 6) is 1.11. The van der Waals surface area contributed by atoms with Gasteiger partial charge in [0.2, 0.25) is 0 Å². The van der Waals surface area contributed by atoms with Crippen LogP contribution in [0.1, 0.15) is 12.8 Å². The van der Waals surface area contributed by atoms with Crippen LogP contribution in [-0.4, -0.2) is 29.4 Å². The van der Waals surface area contributed by atoms with Crippen LogP contribution in [0.5, 0.6) is 0 Å². The molecule has 0 aromatic carbocycles. The van der Waals surface area contributed by atoms with Crippen LogP contribution in [0.25, 0.3) is 0 Å². The fourth-order valence-corrected chi connectivity index (χ4v) is 1.07. The Hall–Kier alpha value is -1.85. The fourth-order valence-electron chi connectivity index (χ4n) is 1.07. The van der Waals surface area contributed by atoms with E-state index >= 15 is 0 Å². The molecule has 0 atom stereocenters. The summed E-state index contributed by atoms with van der Waals surface area (Å²) in [4.78, 5) is 10.8. The molecule has 0 bridgehead atoms. The summed E-state index contributed by atoms with van der Waals surface area (Å²) in [6.45, 7) is 0. The maximum Gasteiger partial charge on any atom is 0.412 e. The van der Waals surface area contributed by atoms with Gasteiger partial charge in [0.05, 0.1) is 7.11 Å². The zero-order valence-corrected chi connectivity index (χ0v) is 8.36. The van der Waals surface area contributed by atoms with Crippen molar-refractivity contribution in [3.05, 3.63) is 12.1 Å². The number of anilines is 2. The van der Waals surface area contributed by atoms with E-state index in [0.29, 0.717) is 11.9 Å². The van der Waals surface area contributed by atoms with Crippen molar-refractivity contribution in [1.82, 2.24) is 10.2 Å². The standard InChI is InChI=1S/C9H12N4O2/c1-15-9(14)11-8-5-4-7(12-13-8)10-6-2-3-6/h4-6H,2-3H2,1H3,(H,10,12)(H,11,13,14). The average Bonchev–Trinajstić information content (AvgIpc) is 3.05. The van der Waals surface area contributed by atoms with Crippen LogP contribution in [0.15, 0.2) is 12.1 Å². The van der Waals surface area contributed by atoms with Crippen molar-refractivity contribution in [2.45, 2.75) is 18.9 Å². The first-order valence-corrected chi connectivity index (χ1v) is 4.73. The Bertz CT molecular complexity index is 348. The Morgan fingerprint density at radius 1 is 1.40 bits per heavy atom. The second-order valence-electron chi connectivity index (χ2n) is 3.34. The molecule has 1 aliphatic rings. The van der Waals surface area contributed by atoms with E-state index < -0.39 is 6.09 Å². The molecule has 2 rings (SSSR count). The predicted octanol–water partition coefficient (Wildman–Crippen LogP) is 1.23. The molecule has 2 N–H and O–H groups in total. The van der Waals surface area contributed by atoms with Gasteiger partial charge in [0.15, 0.2) is 5.82 Å².